The van der Waals surface area contributed by atoms with Crippen LogP contribution in [0.3, 0.4) is 0 Å². The first-order chi connectivity index (χ1) is 14.6. The molecule has 154 valence electrons. The van der Waals surface area contributed by atoms with Crippen LogP contribution in [0.2, 0.25) is 0 Å². The summed E-state index contributed by atoms with van der Waals surface area (Å²) < 4.78 is 23.8. The van der Waals surface area contributed by atoms with E-state index in [1.54, 1.807) is 24.6 Å². The number of aliphatic hydroxyl groups is 1. The van der Waals surface area contributed by atoms with Gasteiger partial charge in [-0.3, -0.25) is 4.79 Å². The van der Waals surface area contributed by atoms with Crippen LogP contribution in [0.1, 0.15) is 11.5 Å². The van der Waals surface area contributed by atoms with Crippen LogP contribution in [0.4, 0.5) is 4.39 Å². The molecule has 8 heteroatoms. The van der Waals surface area contributed by atoms with E-state index in [4.69, 9.17) is 10.2 Å². The lowest BCUT2D eigenvalue weighted by molar-refractivity contribution is -0.132. The number of amides is 1. The lowest BCUT2D eigenvalue weighted by Gasteiger charge is -2.22. The van der Waals surface area contributed by atoms with E-state index < -0.39 is 18.3 Å². The Morgan fingerprint density at radius 2 is 2.13 bits per heavy atom. The summed E-state index contributed by atoms with van der Waals surface area (Å²) in [5, 5.41) is 10.7. The predicted molar refractivity (Wildman–Crippen MR) is 115 cm³/mol. The largest absolute Gasteiger partial charge is 0.464 e. The molecule has 3 aromatic rings. The SMILES string of the molecule is NC1=C(C=NSc2ccc3occc3c2)CN(C(=O)C(CO)c2ccccc2F)C1. The minimum Gasteiger partial charge on any atom is -0.464 e. The molecule has 0 fully saturated rings. The van der Waals surface area contributed by atoms with Gasteiger partial charge in [-0.15, -0.1) is 0 Å². The highest BCUT2D eigenvalue weighted by Crippen LogP contribution is 2.27. The Balaban J connectivity index is 1.41. The Morgan fingerprint density at radius 1 is 1.30 bits per heavy atom. The molecule has 0 bridgehead atoms. The number of carbonyl (C=O) groups excluding carboxylic acids is 1. The van der Waals surface area contributed by atoms with Crippen molar-refractivity contribution in [3.8, 4) is 0 Å². The average molecular weight is 425 g/mol. The summed E-state index contributed by atoms with van der Waals surface area (Å²) in [7, 11) is 0. The molecule has 0 saturated carbocycles. The van der Waals surface area contributed by atoms with E-state index in [1.165, 1.54) is 29.0 Å². The Morgan fingerprint density at radius 3 is 2.93 bits per heavy atom. The van der Waals surface area contributed by atoms with Gasteiger partial charge in [0.2, 0.25) is 5.91 Å². The Labute approximate surface area is 177 Å². The maximum atomic E-state index is 14.1. The number of furan rings is 1. The molecule has 0 spiro atoms. The highest BCUT2D eigenvalue weighted by Gasteiger charge is 2.31. The molecule has 30 heavy (non-hydrogen) atoms. The number of carbonyl (C=O) groups is 1. The van der Waals surface area contributed by atoms with E-state index in [9.17, 15) is 14.3 Å². The van der Waals surface area contributed by atoms with E-state index in [1.807, 2.05) is 24.3 Å². The molecule has 1 atom stereocenters. The highest BCUT2D eigenvalue weighted by atomic mass is 32.2. The molecule has 1 aromatic heterocycles. The predicted octanol–water partition coefficient (Wildman–Crippen LogP) is 3.48. The fraction of sp³-hybridized carbons (Fsp3) is 0.182. The standard InChI is InChI=1S/C22H20FN3O3S/c23-19-4-2-1-3-17(19)18(13-27)22(28)26-11-15(20(24)12-26)10-25-30-16-5-6-21-14(9-16)7-8-29-21/h1-10,18,27H,11-13,24H2. The summed E-state index contributed by atoms with van der Waals surface area (Å²) in [6.07, 6.45) is 3.28. The van der Waals surface area contributed by atoms with Crippen molar-refractivity contribution in [2.75, 3.05) is 19.7 Å². The lowest BCUT2D eigenvalue weighted by atomic mass is 9.98. The van der Waals surface area contributed by atoms with Crippen molar-refractivity contribution in [3.63, 3.8) is 0 Å². The van der Waals surface area contributed by atoms with Gasteiger partial charge >= 0.3 is 0 Å². The molecule has 6 nitrogen and oxygen atoms in total. The number of hydrogen-bond acceptors (Lipinski definition) is 6. The van der Waals surface area contributed by atoms with Gasteiger partial charge in [-0.25, -0.2) is 8.79 Å². The second kappa shape index (κ2) is 8.73. The molecule has 4 rings (SSSR count). The Hall–Kier alpha value is -3.10. The molecule has 1 aliphatic rings. The average Bonchev–Trinajstić information content (AvgIpc) is 3.36. The van der Waals surface area contributed by atoms with Gasteiger partial charge in [0, 0.05) is 51.8 Å². The second-order valence-corrected chi connectivity index (χ2v) is 7.81. The topological polar surface area (TPSA) is 92.1 Å². The van der Waals surface area contributed by atoms with Crippen LogP contribution in [0.25, 0.3) is 11.0 Å². The molecule has 1 aliphatic heterocycles. The van der Waals surface area contributed by atoms with Crippen LogP contribution >= 0.6 is 11.9 Å². The van der Waals surface area contributed by atoms with Crippen molar-refractivity contribution in [1.82, 2.24) is 4.90 Å². The van der Waals surface area contributed by atoms with Crippen molar-refractivity contribution in [2.45, 2.75) is 10.8 Å². The van der Waals surface area contributed by atoms with E-state index >= 15 is 0 Å². The number of aliphatic hydroxyl groups excluding tert-OH is 1. The van der Waals surface area contributed by atoms with Gasteiger partial charge in [0.05, 0.1) is 25.3 Å². The van der Waals surface area contributed by atoms with Crippen molar-refractivity contribution >= 4 is 35.0 Å². The fourth-order valence-electron chi connectivity index (χ4n) is 3.39. The minimum absolute atomic E-state index is 0.177. The summed E-state index contributed by atoms with van der Waals surface area (Å²) in [5.41, 5.74) is 8.34. The first-order valence-corrected chi connectivity index (χ1v) is 10.1. The zero-order valence-corrected chi connectivity index (χ0v) is 16.8. The van der Waals surface area contributed by atoms with Crippen LogP contribution in [0.15, 0.2) is 79.8 Å². The smallest absolute Gasteiger partial charge is 0.233 e. The maximum absolute atomic E-state index is 14.1. The van der Waals surface area contributed by atoms with E-state index in [-0.39, 0.29) is 24.6 Å². The third-order valence-electron chi connectivity index (χ3n) is 5.00. The zero-order chi connectivity index (χ0) is 21.1. The maximum Gasteiger partial charge on any atom is 0.233 e. The summed E-state index contributed by atoms with van der Waals surface area (Å²) in [6.45, 7) is 0.00314. The van der Waals surface area contributed by atoms with E-state index in [2.05, 4.69) is 4.40 Å². The molecular formula is C22H20FN3O3S. The molecule has 2 heterocycles. The number of rotatable bonds is 6. The summed E-state index contributed by atoms with van der Waals surface area (Å²) in [6, 6.07) is 13.6. The zero-order valence-electron chi connectivity index (χ0n) is 16.0. The third kappa shape index (κ3) is 4.10. The van der Waals surface area contributed by atoms with Crippen molar-refractivity contribution in [2.24, 2.45) is 10.1 Å². The molecule has 2 aromatic carbocycles. The monoisotopic (exact) mass is 425 g/mol. The first-order valence-electron chi connectivity index (χ1n) is 9.36. The number of nitrogens with two attached hydrogens (primary N) is 1. The van der Waals surface area contributed by atoms with Crippen molar-refractivity contribution in [3.05, 3.63) is 77.4 Å². The molecule has 1 amide bonds. The van der Waals surface area contributed by atoms with E-state index in [0.717, 1.165) is 21.4 Å². The van der Waals surface area contributed by atoms with Crippen LogP contribution < -0.4 is 5.73 Å². The number of fused-ring (bicyclic) bond motifs is 1. The summed E-state index contributed by atoms with van der Waals surface area (Å²) >= 11 is 1.29. The molecule has 0 radical (unpaired) electrons. The molecule has 0 saturated heterocycles. The van der Waals surface area contributed by atoms with Crippen LogP contribution in [0.5, 0.6) is 0 Å². The quantitative estimate of drug-likeness (QED) is 0.466. The first kappa shape index (κ1) is 20.2. The Bertz CT molecular complexity index is 1140. The van der Waals surface area contributed by atoms with Gasteiger partial charge in [-0.2, -0.15) is 0 Å². The van der Waals surface area contributed by atoms with E-state index in [0.29, 0.717) is 5.70 Å². The molecule has 0 aliphatic carbocycles. The van der Waals surface area contributed by atoms with Gasteiger partial charge in [-0.1, -0.05) is 18.2 Å². The molecule has 1 unspecified atom stereocenters. The number of halogens is 1. The van der Waals surface area contributed by atoms with Gasteiger partial charge in [0.25, 0.3) is 0 Å². The van der Waals surface area contributed by atoms with Gasteiger partial charge in [0.1, 0.15) is 11.4 Å². The van der Waals surface area contributed by atoms with Gasteiger partial charge in [-0.05, 0) is 30.3 Å². The fourth-order valence-corrected chi connectivity index (χ4v) is 4.00. The second-order valence-electron chi connectivity index (χ2n) is 6.95. The molecule has 3 N–H and O–H groups in total. The molecular weight excluding hydrogens is 405 g/mol. The van der Waals surface area contributed by atoms with Crippen LogP contribution in [0, 0.1) is 5.82 Å². The number of nitrogens with zero attached hydrogens (tertiary/aromatic N) is 2. The minimum atomic E-state index is -0.966. The lowest BCUT2D eigenvalue weighted by Crippen LogP contribution is -2.36. The van der Waals surface area contributed by atoms with Crippen LogP contribution in [-0.2, 0) is 4.79 Å². The normalized spacial score (nSPS) is 15.5. The van der Waals surface area contributed by atoms with Crippen molar-refractivity contribution in [1.29, 1.82) is 0 Å². The summed E-state index contributed by atoms with van der Waals surface area (Å²) in [4.78, 5) is 15.3. The van der Waals surface area contributed by atoms with Gasteiger partial charge in [0.15, 0.2) is 0 Å². The number of benzene rings is 2. The number of hydrogen-bond donors (Lipinski definition) is 2. The highest BCUT2D eigenvalue weighted by molar-refractivity contribution is 7.98. The Kier molecular flexibility index (Phi) is 5.87. The van der Waals surface area contributed by atoms with Gasteiger partial charge < -0.3 is 20.2 Å². The van der Waals surface area contributed by atoms with Crippen LogP contribution in [-0.4, -0.2) is 41.8 Å². The third-order valence-corrected chi connectivity index (χ3v) is 5.67. The summed E-state index contributed by atoms with van der Waals surface area (Å²) in [5.74, 6) is -1.85. The van der Waals surface area contributed by atoms with Crippen molar-refractivity contribution < 1.29 is 18.7 Å².